The third kappa shape index (κ3) is 4.29. The highest BCUT2D eigenvalue weighted by Gasteiger charge is 2.25. The summed E-state index contributed by atoms with van der Waals surface area (Å²) in [5.74, 6) is 0.0102. The van der Waals surface area contributed by atoms with Crippen LogP contribution in [0, 0.1) is 0 Å². The molecule has 0 bridgehead atoms. The fourth-order valence-corrected chi connectivity index (χ4v) is 3.88. The highest BCUT2D eigenvalue weighted by molar-refractivity contribution is 7.99. The molecule has 1 aliphatic rings. The van der Waals surface area contributed by atoms with Gasteiger partial charge < -0.3 is 10.6 Å². The molecule has 1 aliphatic carbocycles. The van der Waals surface area contributed by atoms with Crippen LogP contribution in [-0.4, -0.2) is 28.4 Å². The second-order valence-corrected chi connectivity index (χ2v) is 7.24. The van der Waals surface area contributed by atoms with Gasteiger partial charge in [-0.25, -0.2) is 0 Å². The summed E-state index contributed by atoms with van der Waals surface area (Å²) in [5, 5.41) is 7.22. The average molecular weight is 341 g/mol. The summed E-state index contributed by atoms with van der Waals surface area (Å²) >= 11 is 1.90. The lowest BCUT2D eigenvalue weighted by Gasteiger charge is -2.16. The Hall–Kier alpha value is -2.01. The van der Waals surface area contributed by atoms with E-state index in [2.05, 4.69) is 21.9 Å². The number of hydrogen-bond donors (Lipinski definition) is 2. The van der Waals surface area contributed by atoms with Crippen LogP contribution in [0.2, 0.25) is 0 Å². The minimum atomic E-state index is 0.0102. The van der Waals surface area contributed by atoms with Crippen LogP contribution in [0.15, 0.2) is 48.8 Å². The smallest absolute Gasteiger partial charge is 0.253 e. The van der Waals surface area contributed by atoms with E-state index in [0.717, 1.165) is 24.1 Å². The van der Waals surface area contributed by atoms with Crippen molar-refractivity contribution in [2.24, 2.45) is 0 Å². The van der Waals surface area contributed by atoms with Gasteiger partial charge in [0.2, 0.25) is 0 Å². The number of rotatable bonds is 6. The highest BCUT2D eigenvalue weighted by Crippen LogP contribution is 2.28. The van der Waals surface area contributed by atoms with E-state index < -0.39 is 0 Å². The van der Waals surface area contributed by atoms with Crippen molar-refractivity contribution >= 4 is 23.4 Å². The minimum absolute atomic E-state index is 0.0102. The van der Waals surface area contributed by atoms with Crippen molar-refractivity contribution in [3.05, 3.63) is 59.9 Å². The van der Waals surface area contributed by atoms with Crippen molar-refractivity contribution in [2.45, 2.75) is 37.1 Å². The topological polar surface area (TPSA) is 54.0 Å². The van der Waals surface area contributed by atoms with Gasteiger partial charge in [-0.3, -0.25) is 9.78 Å². The molecule has 1 aromatic heterocycles. The van der Waals surface area contributed by atoms with E-state index in [1.54, 1.807) is 6.20 Å². The SMILES string of the molecule is CS[C@@H]1CC[C@@H](NC(=O)c2ccccc2NCc2cccnc2)C1. The fraction of sp³-hybridized carbons (Fsp3) is 0.368. The van der Waals surface area contributed by atoms with Crippen LogP contribution < -0.4 is 10.6 Å². The number of benzene rings is 1. The van der Waals surface area contributed by atoms with Crippen LogP contribution in [0.3, 0.4) is 0 Å². The molecule has 2 N–H and O–H groups in total. The Morgan fingerprint density at radius 2 is 2.12 bits per heavy atom. The number of hydrogen-bond acceptors (Lipinski definition) is 4. The summed E-state index contributed by atoms with van der Waals surface area (Å²) in [4.78, 5) is 16.8. The molecule has 4 nitrogen and oxygen atoms in total. The molecule has 0 radical (unpaired) electrons. The molecule has 24 heavy (non-hydrogen) atoms. The zero-order chi connectivity index (χ0) is 16.8. The Kier molecular flexibility index (Phi) is 5.75. The summed E-state index contributed by atoms with van der Waals surface area (Å²) in [6, 6.07) is 11.9. The van der Waals surface area contributed by atoms with E-state index in [0.29, 0.717) is 23.4 Å². The van der Waals surface area contributed by atoms with E-state index in [1.807, 2.05) is 54.4 Å². The van der Waals surface area contributed by atoms with E-state index >= 15 is 0 Å². The minimum Gasteiger partial charge on any atom is -0.380 e. The van der Waals surface area contributed by atoms with Crippen molar-refractivity contribution in [1.29, 1.82) is 0 Å². The first kappa shape index (κ1) is 16.8. The lowest BCUT2D eigenvalue weighted by Crippen LogP contribution is -2.33. The predicted octanol–water partition coefficient (Wildman–Crippen LogP) is 3.71. The van der Waals surface area contributed by atoms with Gasteiger partial charge in [0, 0.05) is 35.9 Å². The van der Waals surface area contributed by atoms with Crippen LogP contribution in [-0.2, 0) is 6.54 Å². The maximum absolute atomic E-state index is 12.7. The van der Waals surface area contributed by atoms with Crippen molar-refractivity contribution in [2.75, 3.05) is 11.6 Å². The summed E-state index contributed by atoms with van der Waals surface area (Å²) in [6.07, 6.45) is 9.06. The van der Waals surface area contributed by atoms with Crippen LogP contribution in [0.1, 0.15) is 35.2 Å². The molecular weight excluding hydrogens is 318 g/mol. The number of pyridine rings is 1. The van der Waals surface area contributed by atoms with E-state index in [1.165, 1.54) is 6.42 Å². The average Bonchev–Trinajstić information content (AvgIpc) is 3.08. The van der Waals surface area contributed by atoms with Crippen molar-refractivity contribution in [3.63, 3.8) is 0 Å². The van der Waals surface area contributed by atoms with E-state index in [4.69, 9.17) is 0 Å². The molecule has 3 rings (SSSR count). The number of amides is 1. The van der Waals surface area contributed by atoms with Crippen molar-refractivity contribution in [3.8, 4) is 0 Å². The van der Waals surface area contributed by atoms with E-state index in [9.17, 15) is 4.79 Å². The number of nitrogens with zero attached hydrogens (tertiary/aromatic N) is 1. The Bertz CT molecular complexity index is 677. The lowest BCUT2D eigenvalue weighted by atomic mass is 10.1. The number of carbonyl (C=O) groups is 1. The molecule has 1 amide bonds. The molecule has 1 fully saturated rings. The molecule has 0 unspecified atom stereocenters. The van der Waals surface area contributed by atoms with Gasteiger partial charge in [-0.15, -0.1) is 0 Å². The third-order valence-electron chi connectivity index (χ3n) is 4.43. The van der Waals surface area contributed by atoms with Gasteiger partial charge in [-0.2, -0.15) is 11.8 Å². The van der Waals surface area contributed by atoms with Crippen molar-refractivity contribution in [1.82, 2.24) is 10.3 Å². The number of nitrogens with one attached hydrogen (secondary N) is 2. The Balaban J connectivity index is 1.64. The second-order valence-electron chi connectivity index (χ2n) is 6.10. The molecule has 0 spiro atoms. The highest BCUT2D eigenvalue weighted by atomic mass is 32.2. The molecule has 1 saturated carbocycles. The standard InChI is InChI=1S/C19H23N3OS/c1-24-16-9-8-15(11-16)22-19(23)17-6-2-3-7-18(17)21-13-14-5-4-10-20-12-14/h2-7,10,12,15-16,21H,8-9,11,13H2,1H3,(H,22,23)/t15-,16-/m1/s1. The van der Waals surface area contributed by atoms with Gasteiger partial charge in [0.15, 0.2) is 0 Å². The van der Waals surface area contributed by atoms with Crippen LogP contribution in [0.4, 0.5) is 5.69 Å². The van der Waals surface area contributed by atoms with Gasteiger partial charge in [-0.05, 0) is 49.3 Å². The summed E-state index contributed by atoms with van der Waals surface area (Å²) in [5.41, 5.74) is 2.65. The number of thioether (sulfide) groups is 1. The van der Waals surface area contributed by atoms with E-state index in [-0.39, 0.29) is 5.91 Å². The maximum Gasteiger partial charge on any atom is 0.253 e. The summed E-state index contributed by atoms with van der Waals surface area (Å²) in [6.45, 7) is 0.649. The van der Waals surface area contributed by atoms with Crippen LogP contribution >= 0.6 is 11.8 Å². The maximum atomic E-state index is 12.7. The molecule has 1 aromatic carbocycles. The largest absolute Gasteiger partial charge is 0.380 e. The first-order valence-electron chi connectivity index (χ1n) is 8.31. The molecule has 1 heterocycles. The summed E-state index contributed by atoms with van der Waals surface area (Å²) < 4.78 is 0. The number of aromatic nitrogens is 1. The van der Waals surface area contributed by atoms with Gasteiger partial charge in [0.25, 0.3) is 5.91 Å². The predicted molar refractivity (Wildman–Crippen MR) is 100 cm³/mol. The van der Waals surface area contributed by atoms with Crippen molar-refractivity contribution < 1.29 is 4.79 Å². The quantitative estimate of drug-likeness (QED) is 0.841. The van der Waals surface area contributed by atoms with Crippen LogP contribution in [0.5, 0.6) is 0 Å². The second kappa shape index (κ2) is 8.20. The van der Waals surface area contributed by atoms with Gasteiger partial charge in [0.1, 0.15) is 0 Å². The normalized spacial score (nSPS) is 19.9. The third-order valence-corrected chi connectivity index (χ3v) is 5.53. The zero-order valence-electron chi connectivity index (χ0n) is 13.9. The van der Waals surface area contributed by atoms with Crippen LogP contribution in [0.25, 0.3) is 0 Å². The van der Waals surface area contributed by atoms with Gasteiger partial charge in [0.05, 0.1) is 5.56 Å². The number of anilines is 1. The fourth-order valence-electron chi connectivity index (χ4n) is 3.08. The molecule has 0 saturated heterocycles. The lowest BCUT2D eigenvalue weighted by molar-refractivity contribution is 0.0939. The van der Waals surface area contributed by atoms with Gasteiger partial charge >= 0.3 is 0 Å². The van der Waals surface area contributed by atoms with Gasteiger partial charge in [-0.1, -0.05) is 18.2 Å². The molecule has 126 valence electrons. The monoisotopic (exact) mass is 341 g/mol. The number of carbonyl (C=O) groups excluding carboxylic acids is 1. The first-order valence-corrected chi connectivity index (χ1v) is 9.60. The molecular formula is C19H23N3OS. The first-order chi connectivity index (χ1) is 11.8. The summed E-state index contributed by atoms with van der Waals surface area (Å²) in [7, 11) is 0. The molecule has 2 atom stereocenters. The Morgan fingerprint density at radius 1 is 1.25 bits per heavy atom. The molecule has 2 aromatic rings. The molecule has 0 aliphatic heterocycles. The Morgan fingerprint density at radius 3 is 2.88 bits per heavy atom. The molecule has 5 heteroatoms. The Labute approximate surface area is 147 Å². The zero-order valence-corrected chi connectivity index (χ0v) is 14.7. The number of para-hydroxylation sites is 1.